The van der Waals surface area contributed by atoms with Crippen molar-refractivity contribution in [1.82, 2.24) is 0 Å². The van der Waals surface area contributed by atoms with Gasteiger partial charge in [0.15, 0.2) is 6.61 Å². The Balaban J connectivity index is 1.71. The highest BCUT2D eigenvalue weighted by Gasteiger charge is 2.12. The Kier molecular flexibility index (Phi) is 9.23. The van der Waals surface area contributed by atoms with Gasteiger partial charge in [-0.3, -0.25) is 14.4 Å². The summed E-state index contributed by atoms with van der Waals surface area (Å²) >= 11 is 17.7. The van der Waals surface area contributed by atoms with Crippen molar-refractivity contribution < 1.29 is 23.9 Å². The normalized spacial score (nSPS) is 10.3. The number of rotatable bonds is 9. The summed E-state index contributed by atoms with van der Waals surface area (Å²) in [5.74, 6) is -0.997. The quantitative estimate of drug-likeness (QED) is 0.503. The molecule has 0 spiro atoms. The molecule has 160 valence electrons. The lowest BCUT2D eigenvalue weighted by Gasteiger charge is -2.10. The molecule has 0 heterocycles. The maximum absolute atomic E-state index is 12.1. The molecule has 0 atom stereocenters. The molecule has 30 heavy (non-hydrogen) atoms. The highest BCUT2D eigenvalue weighted by atomic mass is 35.5. The van der Waals surface area contributed by atoms with E-state index in [1.807, 2.05) is 0 Å². The molecular weight excluding hydrogens is 455 g/mol. The maximum Gasteiger partial charge on any atom is 0.306 e. The minimum absolute atomic E-state index is 0.0225. The standard InChI is InChI=1S/C20H19Cl3N2O5/c1-29-17-8-6-13(22)10-16(17)25-18(26)3-2-4-20(28)30-11-19(27)24-15-9-12(21)5-7-14(15)23/h5-10H,2-4,11H2,1H3,(H,24,27)(H,25,26). The van der Waals surface area contributed by atoms with Crippen LogP contribution in [0.5, 0.6) is 5.75 Å². The topological polar surface area (TPSA) is 93.7 Å². The first-order chi connectivity index (χ1) is 14.3. The van der Waals surface area contributed by atoms with Gasteiger partial charge in [-0.15, -0.1) is 0 Å². The molecule has 2 aromatic carbocycles. The summed E-state index contributed by atoms with van der Waals surface area (Å²) in [7, 11) is 1.48. The van der Waals surface area contributed by atoms with Crippen LogP contribution in [0.1, 0.15) is 19.3 Å². The molecule has 0 unspecified atom stereocenters. The predicted molar refractivity (Wildman–Crippen MR) is 117 cm³/mol. The Hall–Kier alpha value is -2.48. The Labute approximate surface area is 188 Å². The van der Waals surface area contributed by atoms with Crippen molar-refractivity contribution in [1.29, 1.82) is 0 Å². The lowest BCUT2D eigenvalue weighted by molar-refractivity contribution is -0.147. The Bertz CT molecular complexity index is 937. The molecular formula is C20H19Cl3N2O5. The minimum atomic E-state index is -0.601. The highest BCUT2D eigenvalue weighted by Crippen LogP contribution is 2.28. The van der Waals surface area contributed by atoms with Crippen LogP contribution < -0.4 is 15.4 Å². The van der Waals surface area contributed by atoms with Crippen molar-refractivity contribution in [3.8, 4) is 5.75 Å². The summed E-state index contributed by atoms with van der Waals surface area (Å²) in [5, 5.41) is 6.34. The van der Waals surface area contributed by atoms with Crippen molar-refractivity contribution in [2.24, 2.45) is 0 Å². The molecule has 0 saturated carbocycles. The van der Waals surface area contributed by atoms with E-state index in [1.165, 1.54) is 19.2 Å². The average Bonchev–Trinajstić information content (AvgIpc) is 2.69. The number of carbonyl (C=O) groups is 3. The van der Waals surface area contributed by atoms with Gasteiger partial charge in [-0.1, -0.05) is 34.8 Å². The van der Waals surface area contributed by atoms with E-state index in [0.29, 0.717) is 32.2 Å². The van der Waals surface area contributed by atoms with Crippen LogP contribution in [-0.4, -0.2) is 31.5 Å². The van der Waals surface area contributed by atoms with Gasteiger partial charge in [0, 0.05) is 22.9 Å². The molecule has 10 heteroatoms. The number of carbonyl (C=O) groups excluding carboxylic acids is 3. The van der Waals surface area contributed by atoms with Gasteiger partial charge >= 0.3 is 5.97 Å². The van der Waals surface area contributed by atoms with Gasteiger partial charge in [0.2, 0.25) is 5.91 Å². The zero-order valence-electron chi connectivity index (χ0n) is 16.0. The first-order valence-corrected chi connectivity index (χ1v) is 9.96. The fourth-order valence-corrected chi connectivity index (χ4v) is 2.89. The summed E-state index contributed by atoms with van der Waals surface area (Å²) in [5.41, 5.74) is 0.757. The summed E-state index contributed by atoms with van der Waals surface area (Å²) < 4.78 is 10.1. The molecule has 2 N–H and O–H groups in total. The third-order valence-electron chi connectivity index (χ3n) is 3.79. The number of ether oxygens (including phenoxy) is 2. The van der Waals surface area contributed by atoms with Crippen molar-refractivity contribution in [3.63, 3.8) is 0 Å². The van der Waals surface area contributed by atoms with Crippen LogP contribution in [0.25, 0.3) is 0 Å². The lowest BCUT2D eigenvalue weighted by atomic mass is 10.2. The molecule has 0 aliphatic carbocycles. The van der Waals surface area contributed by atoms with Crippen molar-refractivity contribution >= 4 is 64.0 Å². The number of hydrogen-bond acceptors (Lipinski definition) is 5. The third kappa shape index (κ3) is 7.74. The summed E-state index contributed by atoms with van der Waals surface area (Å²) in [6, 6.07) is 9.45. The molecule has 0 aliphatic heterocycles. The molecule has 0 aliphatic rings. The minimum Gasteiger partial charge on any atom is -0.495 e. The average molecular weight is 474 g/mol. The number of hydrogen-bond donors (Lipinski definition) is 2. The van der Waals surface area contributed by atoms with Crippen molar-refractivity contribution in [3.05, 3.63) is 51.5 Å². The fourth-order valence-electron chi connectivity index (χ4n) is 2.38. The molecule has 2 rings (SSSR count). The van der Waals surface area contributed by atoms with Gasteiger partial charge in [-0.2, -0.15) is 0 Å². The molecule has 2 aromatic rings. The van der Waals surface area contributed by atoms with Crippen LogP contribution in [0.4, 0.5) is 11.4 Å². The summed E-state index contributed by atoms with van der Waals surface area (Å²) in [6.45, 7) is -0.479. The molecule has 2 amide bonds. The highest BCUT2D eigenvalue weighted by molar-refractivity contribution is 6.35. The maximum atomic E-state index is 12.1. The van der Waals surface area contributed by atoms with Gasteiger partial charge in [0.05, 0.1) is 23.5 Å². The van der Waals surface area contributed by atoms with Crippen LogP contribution in [0.2, 0.25) is 15.1 Å². The number of anilines is 2. The van der Waals surface area contributed by atoms with Crippen LogP contribution in [0, 0.1) is 0 Å². The van der Waals surface area contributed by atoms with E-state index < -0.39 is 18.5 Å². The second-order valence-electron chi connectivity index (χ2n) is 6.08. The number of benzene rings is 2. The third-order valence-corrected chi connectivity index (χ3v) is 4.59. The van der Waals surface area contributed by atoms with Crippen molar-refractivity contribution in [2.75, 3.05) is 24.4 Å². The lowest BCUT2D eigenvalue weighted by Crippen LogP contribution is -2.21. The summed E-state index contributed by atoms with van der Waals surface area (Å²) in [6.07, 6.45) is 0.301. The molecule has 0 fully saturated rings. The molecule has 0 saturated heterocycles. The second kappa shape index (κ2) is 11.6. The number of methoxy groups -OCH3 is 1. The van der Waals surface area contributed by atoms with E-state index in [1.54, 1.807) is 24.3 Å². The predicted octanol–water partition coefficient (Wildman–Crippen LogP) is 4.95. The van der Waals surface area contributed by atoms with Crippen LogP contribution >= 0.6 is 34.8 Å². The van der Waals surface area contributed by atoms with Crippen LogP contribution in [0.3, 0.4) is 0 Å². The van der Waals surface area contributed by atoms with Gasteiger partial charge in [0.25, 0.3) is 5.91 Å². The van der Waals surface area contributed by atoms with Gasteiger partial charge in [0.1, 0.15) is 5.75 Å². The molecule has 7 nitrogen and oxygen atoms in total. The molecule has 0 aromatic heterocycles. The Morgan fingerprint density at radius 2 is 1.50 bits per heavy atom. The zero-order valence-corrected chi connectivity index (χ0v) is 18.2. The van der Waals surface area contributed by atoms with E-state index in [2.05, 4.69) is 10.6 Å². The zero-order chi connectivity index (χ0) is 22.1. The van der Waals surface area contributed by atoms with E-state index in [9.17, 15) is 14.4 Å². The first-order valence-electron chi connectivity index (χ1n) is 8.82. The van der Waals surface area contributed by atoms with E-state index in [4.69, 9.17) is 44.3 Å². The monoisotopic (exact) mass is 472 g/mol. The number of halogens is 3. The van der Waals surface area contributed by atoms with Crippen LogP contribution in [0.15, 0.2) is 36.4 Å². The van der Waals surface area contributed by atoms with E-state index in [-0.39, 0.29) is 25.2 Å². The van der Waals surface area contributed by atoms with Crippen LogP contribution in [-0.2, 0) is 19.1 Å². The number of esters is 1. The molecule has 0 radical (unpaired) electrons. The second-order valence-corrected chi connectivity index (χ2v) is 7.36. The Morgan fingerprint density at radius 1 is 0.867 bits per heavy atom. The summed E-state index contributed by atoms with van der Waals surface area (Å²) in [4.78, 5) is 35.7. The molecule has 0 bridgehead atoms. The smallest absolute Gasteiger partial charge is 0.306 e. The fraction of sp³-hybridized carbons (Fsp3) is 0.250. The van der Waals surface area contributed by atoms with Gasteiger partial charge < -0.3 is 20.1 Å². The SMILES string of the molecule is COc1ccc(Cl)cc1NC(=O)CCCC(=O)OCC(=O)Nc1cc(Cl)ccc1Cl. The number of nitrogens with one attached hydrogen (secondary N) is 2. The Morgan fingerprint density at radius 3 is 2.20 bits per heavy atom. The van der Waals surface area contributed by atoms with Crippen molar-refractivity contribution in [2.45, 2.75) is 19.3 Å². The largest absolute Gasteiger partial charge is 0.495 e. The first kappa shape index (κ1) is 23.8. The number of amides is 2. The van der Waals surface area contributed by atoms with Gasteiger partial charge in [-0.25, -0.2) is 0 Å². The van der Waals surface area contributed by atoms with E-state index >= 15 is 0 Å². The van der Waals surface area contributed by atoms with E-state index in [0.717, 1.165) is 0 Å². The van der Waals surface area contributed by atoms with Gasteiger partial charge in [-0.05, 0) is 42.8 Å².